The summed E-state index contributed by atoms with van der Waals surface area (Å²) in [5, 5.41) is 4.60. The average Bonchev–Trinajstić information content (AvgIpc) is 2.86. The highest BCUT2D eigenvalue weighted by molar-refractivity contribution is 7.99. The molecule has 0 amide bonds. The topological polar surface area (TPSA) is 21.3 Å². The van der Waals surface area contributed by atoms with E-state index in [9.17, 15) is 0 Å². The second-order valence-electron chi connectivity index (χ2n) is 5.03. The molecule has 1 aliphatic rings. The van der Waals surface area contributed by atoms with Gasteiger partial charge < -0.3 is 10.1 Å². The minimum absolute atomic E-state index is 0.418. The first-order valence-corrected chi connectivity index (χ1v) is 7.94. The Kier molecular flexibility index (Phi) is 4.95. The third kappa shape index (κ3) is 3.42. The van der Waals surface area contributed by atoms with Crippen molar-refractivity contribution >= 4 is 11.8 Å². The average molecular weight is 265 g/mol. The highest BCUT2D eigenvalue weighted by Gasteiger charge is 2.24. The molecular formula is C15H23NOS. The number of rotatable bonds is 5. The van der Waals surface area contributed by atoms with Gasteiger partial charge in [-0.15, -0.1) is 0 Å². The predicted molar refractivity (Wildman–Crippen MR) is 79.5 cm³/mol. The van der Waals surface area contributed by atoms with E-state index in [2.05, 4.69) is 30.6 Å². The van der Waals surface area contributed by atoms with Crippen molar-refractivity contribution in [3.63, 3.8) is 0 Å². The van der Waals surface area contributed by atoms with Crippen LogP contribution in [0.15, 0.2) is 24.3 Å². The summed E-state index contributed by atoms with van der Waals surface area (Å²) < 4.78 is 5.19. The summed E-state index contributed by atoms with van der Waals surface area (Å²) in [7, 11) is 1.71. The maximum absolute atomic E-state index is 5.19. The highest BCUT2D eigenvalue weighted by Crippen LogP contribution is 2.29. The van der Waals surface area contributed by atoms with Crippen molar-refractivity contribution < 1.29 is 4.74 Å². The molecule has 3 heteroatoms. The zero-order chi connectivity index (χ0) is 13.0. The monoisotopic (exact) mass is 265 g/mol. The standard InChI is InChI=1S/C15H23NOS/c1-11(12-4-7-14(17-2)8-5-12)16-13-6-9-15(10-13)18-3/h4-5,7-8,11,13,15-16H,6,9-10H2,1-3H3. The fourth-order valence-electron chi connectivity index (χ4n) is 2.65. The summed E-state index contributed by atoms with van der Waals surface area (Å²) in [6.07, 6.45) is 6.20. The lowest BCUT2D eigenvalue weighted by molar-refractivity contribution is 0.414. The number of benzene rings is 1. The van der Waals surface area contributed by atoms with Crippen LogP contribution in [0.1, 0.15) is 37.8 Å². The van der Waals surface area contributed by atoms with Gasteiger partial charge in [0.2, 0.25) is 0 Å². The van der Waals surface area contributed by atoms with Crippen molar-refractivity contribution in [2.75, 3.05) is 13.4 Å². The molecule has 0 saturated heterocycles. The Balaban J connectivity index is 1.89. The molecule has 1 fully saturated rings. The van der Waals surface area contributed by atoms with Crippen molar-refractivity contribution in [3.05, 3.63) is 29.8 Å². The first kappa shape index (κ1) is 13.8. The SMILES string of the molecule is COc1ccc(C(C)NC2CCC(SC)C2)cc1. The molecule has 1 aromatic rings. The van der Waals surface area contributed by atoms with E-state index in [1.807, 2.05) is 23.9 Å². The Morgan fingerprint density at radius 2 is 2.00 bits per heavy atom. The van der Waals surface area contributed by atoms with Crippen LogP contribution in [0.4, 0.5) is 0 Å². The quantitative estimate of drug-likeness (QED) is 0.878. The van der Waals surface area contributed by atoms with Crippen molar-refractivity contribution in [2.24, 2.45) is 0 Å². The molecule has 3 unspecified atom stereocenters. The zero-order valence-electron chi connectivity index (χ0n) is 11.5. The fraction of sp³-hybridized carbons (Fsp3) is 0.600. The van der Waals surface area contributed by atoms with E-state index < -0.39 is 0 Å². The largest absolute Gasteiger partial charge is 0.497 e. The van der Waals surface area contributed by atoms with E-state index in [4.69, 9.17) is 4.74 Å². The summed E-state index contributed by atoms with van der Waals surface area (Å²) in [6.45, 7) is 2.24. The lowest BCUT2D eigenvalue weighted by Gasteiger charge is -2.20. The summed E-state index contributed by atoms with van der Waals surface area (Å²) in [6, 6.07) is 9.47. The Labute approximate surface area is 114 Å². The van der Waals surface area contributed by atoms with Gasteiger partial charge in [0.15, 0.2) is 0 Å². The Bertz CT molecular complexity index is 365. The molecule has 0 bridgehead atoms. The van der Waals surface area contributed by atoms with E-state index in [0.29, 0.717) is 12.1 Å². The Hall–Kier alpha value is -0.670. The molecule has 1 aromatic carbocycles. The van der Waals surface area contributed by atoms with Gasteiger partial charge in [0.05, 0.1) is 7.11 Å². The molecule has 0 aromatic heterocycles. The molecule has 3 atom stereocenters. The van der Waals surface area contributed by atoms with Crippen LogP contribution >= 0.6 is 11.8 Å². The number of nitrogens with one attached hydrogen (secondary N) is 1. The Morgan fingerprint density at radius 1 is 1.28 bits per heavy atom. The second kappa shape index (κ2) is 6.48. The first-order valence-electron chi connectivity index (χ1n) is 6.65. The Morgan fingerprint density at radius 3 is 2.56 bits per heavy atom. The smallest absolute Gasteiger partial charge is 0.118 e. The summed E-state index contributed by atoms with van der Waals surface area (Å²) in [5.74, 6) is 0.925. The molecule has 18 heavy (non-hydrogen) atoms. The minimum atomic E-state index is 0.418. The lowest BCUT2D eigenvalue weighted by Crippen LogP contribution is -2.29. The molecule has 0 spiro atoms. The van der Waals surface area contributed by atoms with Gasteiger partial charge in [0.1, 0.15) is 5.75 Å². The maximum Gasteiger partial charge on any atom is 0.118 e. The lowest BCUT2D eigenvalue weighted by atomic mass is 10.1. The van der Waals surface area contributed by atoms with E-state index in [1.165, 1.54) is 24.8 Å². The third-order valence-electron chi connectivity index (χ3n) is 3.82. The van der Waals surface area contributed by atoms with Gasteiger partial charge in [-0.1, -0.05) is 12.1 Å². The van der Waals surface area contributed by atoms with Crippen LogP contribution in [0.3, 0.4) is 0 Å². The van der Waals surface area contributed by atoms with E-state index in [-0.39, 0.29) is 0 Å². The number of methoxy groups -OCH3 is 1. The van der Waals surface area contributed by atoms with E-state index >= 15 is 0 Å². The van der Waals surface area contributed by atoms with E-state index in [0.717, 1.165) is 11.0 Å². The molecule has 2 rings (SSSR count). The third-order valence-corrected chi connectivity index (χ3v) is 4.91. The van der Waals surface area contributed by atoms with Crippen molar-refractivity contribution in [3.8, 4) is 5.75 Å². The van der Waals surface area contributed by atoms with Crippen LogP contribution in [0, 0.1) is 0 Å². The molecule has 1 N–H and O–H groups in total. The summed E-state index contributed by atoms with van der Waals surface area (Å²) in [5.41, 5.74) is 1.34. The molecule has 0 radical (unpaired) electrons. The first-order chi connectivity index (χ1) is 8.72. The van der Waals surface area contributed by atoms with Crippen LogP contribution < -0.4 is 10.1 Å². The summed E-state index contributed by atoms with van der Waals surface area (Å²) >= 11 is 2.01. The van der Waals surface area contributed by atoms with Crippen LogP contribution in [0.5, 0.6) is 5.75 Å². The number of hydrogen-bond donors (Lipinski definition) is 1. The van der Waals surface area contributed by atoms with Crippen molar-refractivity contribution in [1.29, 1.82) is 0 Å². The van der Waals surface area contributed by atoms with Gasteiger partial charge in [0, 0.05) is 17.3 Å². The van der Waals surface area contributed by atoms with Crippen LogP contribution in [0.25, 0.3) is 0 Å². The molecule has 0 heterocycles. The second-order valence-corrected chi connectivity index (χ2v) is 6.17. The molecular weight excluding hydrogens is 242 g/mol. The van der Waals surface area contributed by atoms with Crippen molar-refractivity contribution in [2.45, 2.75) is 43.5 Å². The summed E-state index contributed by atoms with van der Waals surface area (Å²) in [4.78, 5) is 0. The minimum Gasteiger partial charge on any atom is -0.497 e. The number of ether oxygens (including phenoxy) is 1. The molecule has 1 aliphatic carbocycles. The molecule has 1 saturated carbocycles. The van der Waals surface area contributed by atoms with Crippen LogP contribution in [-0.2, 0) is 0 Å². The predicted octanol–water partition coefficient (Wildman–Crippen LogP) is 3.63. The van der Waals surface area contributed by atoms with Gasteiger partial charge in [-0.25, -0.2) is 0 Å². The van der Waals surface area contributed by atoms with Gasteiger partial charge in [-0.05, 0) is 50.1 Å². The van der Waals surface area contributed by atoms with Crippen LogP contribution in [-0.4, -0.2) is 24.7 Å². The molecule has 100 valence electrons. The van der Waals surface area contributed by atoms with Crippen LogP contribution in [0.2, 0.25) is 0 Å². The van der Waals surface area contributed by atoms with Gasteiger partial charge in [0.25, 0.3) is 0 Å². The molecule has 0 aliphatic heterocycles. The van der Waals surface area contributed by atoms with Crippen molar-refractivity contribution in [1.82, 2.24) is 5.32 Å². The number of thioether (sulfide) groups is 1. The highest BCUT2D eigenvalue weighted by atomic mass is 32.2. The van der Waals surface area contributed by atoms with Gasteiger partial charge in [-0.3, -0.25) is 0 Å². The maximum atomic E-state index is 5.19. The van der Waals surface area contributed by atoms with Gasteiger partial charge in [-0.2, -0.15) is 11.8 Å². The normalized spacial score (nSPS) is 25.1. The zero-order valence-corrected chi connectivity index (χ0v) is 12.3. The molecule has 2 nitrogen and oxygen atoms in total. The van der Waals surface area contributed by atoms with Gasteiger partial charge >= 0.3 is 0 Å². The van der Waals surface area contributed by atoms with E-state index in [1.54, 1.807) is 7.11 Å². The number of hydrogen-bond acceptors (Lipinski definition) is 3. The fourth-order valence-corrected chi connectivity index (χ4v) is 3.44.